The summed E-state index contributed by atoms with van der Waals surface area (Å²) in [5, 5.41) is 9.14. The number of nitrogens with zero attached hydrogens (tertiary/aromatic N) is 7. The van der Waals surface area contributed by atoms with E-state index in [0.717, 1.165) is 16.9 Å². The van der Waals surface area contributed by atoms with Crippen molar-refractivity contribution in [1.82, 2.24) is 19.4 Å². The third kappa shape index (κ3) is 3.46. The van der Waals surface area contributed by atoms with Gasteiger partial charge in [0.25, 0.3) is 5.91 Å². The summed E-state index contributed by atoms with van der Waals surface area (Å²) >= 11 is 0. The minimum atomic E-state index is -0.137. The number of carbonyl (C=O) groups excluding carboxylic acids is 1. The van der Waals surface area contributed by atoms with Crippen molar-refractivity contribution in [2.45, 2.75) is 33.4 Å². The Kier molecular flexibility index (Phi) is 5.17. The van der Waals surface area contributed by atoms with E-state index in [1.807, 2.05) is 31.2 Å². The zero-order chi connectivity index (χ0) is 23.1. The van der Waals surface area contributed by atoms with Crippen LogP contribution in [0.2, 0.25) is 0 Å². The van der Waals surface area contributed by atoms with Gasteiger partial charge in [-0.1, -0.05) is 44.2 Å². The number of rotatable bonds is 5. The average Bonchev–Trinajstić information content (AvgIpc) is 3.43. The lowest BCUT2D eigenvalue weighted by Gasteiger charge is -2.33. The minimum Gasteiger partial charge on any atom is -0.305 e. The van der Waals surface area contributed by atoms with Crippen LogP contribution in [0.1, 0.15) is 42.5 Å². The molecular formula is C25H25N7O. The van der Waals surface area contributed by atoms with Crippen LogP contribution >= 0.6 is 0 Å². The second-order valence-electron chi connectivity index (χ2n) is 8.62. The summed E-state index contributed by atoms with van der Waals surface area (Å²) in [5.74, 6) is 2.34. The molecule has 1 amide bonds. The number of nitriles is 1. The molecule has 5 rings (SSSR count). The molecule has 0 aliphatic carbocycles. The van der Waals surface area contributed by atoms with Crippen LogP contribution < -0.4 is 4.90 Å². The fraction of sp³-hybridized carbons (Fsp3) is 0.320. The van der Waals surface area contributed by atoms with Crippen LogP contribution in [-0.2, 0) is 6.54 Å². The lowest BCUT2D eigenvalue weighted by Crippen LogP contribution is -2.50. The van der Waals surface area contributed by atoms with Crippen molar-refractivity contribution in [2.75, 3.05) is 18.0 Å². The average molecular weight is 440 g/mol. The summed E-state index contributed by atoms with van der Waals surface area (Å²) in [7, 11) is 0. The van der Waals surface area contributed by atoms with Crippen molar-refractivity contribution >= 4 is 17.7 Å². The Morgan fingerprint density at radius 3 is 2.61 bits per heavy atom. The highest BCUT2D eigenvalue weighted by Gasteiger charge is 2.44. The molecule has 4 heterocycles. The molecule has 0 unspecified atom stereocenters. The zero-order valence-corrected chi connectivity index (χ0v) is 18.9. The number of hydrogen-bond acceptors (Lipinski definition) is 6. The van der Waals surface area contributed by atoms with Crippen molar-refractivity contribution in [3.05, 3.63) is 65.6 Å². The molecule has 1 aromatic carbocycles. The predicted molar refractivity (Wildman–Crippen MR) is 126 cm³/mol. The van der Waals surface area contributed by atoms with Gasteiger partial charge in [-0.2, -0.15) is 5.26 Å². The maximum atomic E-state index is 13.5. The van der Waals surface area contributed by atoms with Crippen molar-refractivity contribution in [3.63, 3.8) is 0 Å². The first-order valence-corrected chi connectivity index (χ1v) is 11.2. The second kappa shape index (κ2) is 8.17. The summed E-state index contributed by atoms with van der Waals surface area (Å²) in [5.41, 5.74) is 2.62. The van der Waals surface area contributed by atoms with Gasteiger partial charge in [-0.05, 0) is 30.5 Å². The number of benzene rings is 1. The highest BCUT2D eigenvalue weighted by molar-refractivity contribution is 6.18. The molecule has 33 heavy (non-hydrogen) atoms. The van der Waals surface area contributed by atoms with Crippen LogP contribution in [0.4, 0.5) is 5.82 Å². The molecule has 0 N–H and O–H groups in total. The Morgan fingerprint density at radius 1 is 1.18 bits per heavy atom. The number of aliphatic imine (C=N–C) groups is 1. The molecule has 0 bridgehead atoms. The van der Waals surface area contributed by atoms with Crippen molar-refractivity contribution in [3.8, 4) is 17.5 Å². The summed E-state index contributed by atoms with van der Waals surface area (Å²) < 4.78 is 2.08. The van der Waals surface area contributed by atoms with Crippen molar-refractivity contribution in [1.29, 1.82) is 5.26 Å². The van der Waals surface area contributed by atoms with E-state index in [-0.39, 0.29) is 11.9 Å². The Labute approximate surface area is 192 Å². The van der Waals surface area contributed by atoms with Gasteiger partial charge >= 0.3 is 0 Å². The standard InChI is InChI=1S/C25H25N7O/c1-4-30-24(33)21-23(32-15-20(16(2)3)28-25(30)32)31(14-17-8-6-5-7-9-17)22(29-21)18-10-11-19(12-26)27-13-18/h5-11,13,16,20H,4,14-15H2,1-3H3/t20-/m0/s1. The number of imidazole rings is 1. The Bertz CT molecular complexity index is 1270. The number of anilines is 1. The molecule has 0 saturated heterocycles. The molecular weight excluding hydrogens is 414 g/mol. The lowest BCUT2D eigenvalue weighted by atomic mass is 10.1. The molecule has 8 nitrogen and oxygen atoms in total. The quantitative estimate of drug-likeness (QED) is 0.607. The van der Waals surface area contributed by atoms with E-state index in [4.69, 9.17) is 15.2 Å². The maximum Gasteiger partial charge on any atom is 0.283 e. The van der Waals surface area contributed by atoms with E-state index in [2.05, 4.69) is 46.5 Å². The highest BCUT2D eigenvalue weighted by Crippen LogP contribution is 2.37. The number of amides is 1. The van der Waals surface area contributed by atoms with Crippen LogP contribution in [0.3, 0.4) is 0 Å². The third-order valence-corrected chi connectivity index (χ3v) is 6.18. The van der Waals surface area contributed by atoms with Crippen LogP contribution in [0, 0.1) is 17.2 Å². The summed E-state index contributed by atoms with van der Waals surface area (Å²) in [6.45, 7) is 8.04. The van der Waals surface area contributed by atoms with Gasteiger partial charge < -0.3 is 4.57 Å². The first kappa shape index (κ1) is 20.9. The van der Waals surface area contributed by atoms with Crippen LogP contribution in [-0.4, -0.2) is 50.4 Å². The van der Waals surface area contributed by atoms with E-state index in [1.165, 1.54) is 0 Å². The molecule has 2 aliphatic heterocycles. The van der Waals surface area contributed by atoms with Gasteiger partial charge in [0, 0.05) is 18.3 Å². The summed E-state index contributed by atoms with van der Waals surface area (Å²) in [4.78, 5) is 31.3. The molecule has 2 aromatic heterocycles. The van der Waals surface area contributed by atoms with Gasteiger partial charge in [-0.15, -0.1) is 0 Å². The molecule has 166 valence electrons. The number of carbonyl (C=O) groups is 1. The first-order chi connectivity index (χ1) is 16.0. The molecule has 3 aromatic rings. The lowest BCUT2D eigenvalue weighted by molar-refractivity contribution is 0.0841. The molecule has 0 fully saturated rings. The number of fused-ring (bicyclic) bond motifs is 3. The van der Waals surface area contributed by atoms with Gasteiger partial charge in [-0.25, -0.2) is 15.0 Å². The zero-order valence-electron chi connectivity index (χ0n) is 18.9. The van der Waals surface area contributed by atoms with E-state index >= 15 is 0 Å². The highest BCUT2D eigenvalue weighted by atomic mass is 16.2. The molecule has 1 atom stereocenters. The Morgan fingerprint density at radius 2 is 1.97 bits per heavy atom. The number of aromatic nitrogens is 3. The van der Waals surface area contributed by atoms with Gasteiger partial charge in [0.15, 0.2) is 5.69 Å². The van der Waals surface area contributed by atoms with E-state index < -0.39 is 0 Å². The smallest absolute Gasteiger partial charge is 0.283 e. The first-order valence-electron chi connectivity index (χ1n) is 11.2. The normalized spacial score (nSPS) is 17.1. The molecule has 8 heteroatoms. The summed E-state index contributed by atoms with van der Waals surface area (Å²) in [6.07, 6.45) is 1.64. The Hall–Kier alpha value is -3.99. The van der Waals surface area contributed by atoms with Crippen LogP contribution in [0.15, 0.2) is 53.7 Å². The fourth-order valence-electron chi connectivity index (χ4n) is 4.38. The summed E-state index contributed by atoms with van der Waals surface area (Å²) in [6, 6.07) is 15.8. The molecule has 2 aliphatic rings. The van der Waals surface area contributed by atoms with Gasteiger partial charge in [0.1, 0.15) is 23.4 Å². The second-order valence-corrected chi connectivity index (χ2v) is 8.62. The van der Waals surface area contributed by atoms with E-state index in [9.17, 15) is 4.79 Å². The molecule has 0 saturated carbocycles. The Balaban J connectivity index is 1.71. The topological polar surface area (TPSA) is 90.4 Å². The van der Waals surface area contributed by atoms with Crippen molar-refractivity contribution in [2.24, 2.45) is 10.9 Å². The van der Waals surface area contributed by atoms with Gasteiger partial charge in [-0.3, -0.25) is 14.6 Å². The van der Waals surface area contributed by atoms with Gasteiger partial charge in [0.2, 0.25) is 5.96 Å². The van der Waals surface area contributed by atoms with E-state index in [0.29, 0.717) is 48.7 Å². The van der Waals surface area contributed by atoms with Gasteiger partial charge in [0.05, 0.1) is 19.1 Å². The number of hydrogen-bond donors (Lipinski definition) is 0. The number of guanidine groups is 1. The number of pyridine rings is 1. The fourth-order valence-corrected chi connectivity index (χ4v) is 4.38. The SMILES string of the molecule is CCN1C(=O)c2nc(-c3ccc(C#N)nc3)n(Cc3ccccc3)c2N2C[C@@H](C(C)C)N=C12. The maximum absolute atomic E-state index is 13.5. The van der Waals surface area contributed by atoms with Crippen LogP contribution in [0.5, 0.6) is 0 Å². The largest absolute Gasteiger partial charge is 0.305 e. The van der Waals surface area contributed by atoms with Crippen molar-refractivity contribution < 1.29 is 4.79 Å². The molecule has 0 radical (unpaired) electrons. The monoisotopic (exact) mass is 439 g/mol. The van der Waals surface area contributed by atoms with E-state index in [1.54, 1.807) is 17.2 Å². The predicted octanol–water partition coefficient (Wildman–Crippen LogP) is 3.54. The third-order valence-electron chi connectivity index (χ3n) is 6.18. The van der Waals surface area contributed by atoms with Crippen LogP contribution in [0.25, 0.3) is 11.4 Å². The molecule has 0 spiro atoms. The minimum absolute atomic E-state index is 0.105.